The van der Waals surface area contributed by atoms with E-state index in [1.807, 2.05) is 60.7 Å². The monoisotopic (exact) mass is 618 g/mol. The van der Waals surface area contributed by atoms with Crippen molar-refractivity contribution in [2.24, 2.45) is 5.92 Å². The Kier molecular flexibility index (Phi) is 8.86. The number of fused-ring (bicyclic) bond motifs is 3. The maximum absolute atomic E-state index is 14.2. The van der Waals surface area contributed by atoms with E-state index >= 15 is 0 Å². The molecule has 3 N–H and O–H groups in total. The molecule has 232 valence electrons. The number of hydrogen-bond acceptors (Lipinski definition) is 8. The van der Waals surface area contributed by atoms with Crippen molar-refractivity contribution in [3.05, 3.63) is 66.2 Å². The summed E-state index contributed by atoms with van der Waals surface area (Å²) < 4.78 is 12.5. The lowest BCUT2D eigenvalue weighted by molar-refractivity contribution is -0.145. The number of carboxylic acids is 1. The van der Waals surface area contributed by atoms with Gasteiger partial charge in [-0.05, 0) is 49.4 Å². The van der Waals surface area contributed by atoms with E-state index in [2.05, 4.69) is 15.6 Å². The van der Waals surface area contributed by atoms with Gasteiger partial charge in [-0.3, -0.25) is 9.59 Å². The fourth-order valence-electron chi connectivity index (χ4n) is 6.24. The molecule has 44 heavy (non-hydrogen) atoms. The zero-order valence-electron chi connectivity index (χ0n) is 24.7. The van der Waals surface area contributed by atoms with Gasteiger partial charge in [0, 0.05) is 18.9 Å². The Balaban J connectivity index is 1.26. The van der Waals surface area contributed by atoms with Crippen molar-refractivity contribution >= 4 is 39.3 Å². The van der Waals surface area contributed by atoms with Crippen molar-refractivity contribution in [2.75, 3.05) is 13.7 Å². The minimum absolute atomic E-state index is 0.175. The Morgan fingerprint density at radius 3 is 2.82 bits per heavy atom. The smallest absolute Gasteiger partial charge is 0.330 e. The highest BCUT2D eigenvalue weighted by molar-refractivity contribution is 7.20. The highest BCUT2D eigenvalue weighted by Crippen LogP contribution is 2.45. The number of amides is 2. The molecule has 1 aromatic heterocycles. The summed E-state index contributed by atoms with van der Waals surface area (Å²) in [6.07, 6.45) is 8.25. The molecule has 1 aliphatic carbocycles. The van der Waals surface area contributed by atoms with Crippen LogP contribution in [0.2, 0.25) is 0 Å². The SMILES string of the molecule is COc1ccc2nc(O[C@@H]3C[C@H]4C(=O)N[C@]5(C(=O)O)C[C@@H]5/C=C\CCCCC[C@H](NCc5ccccc5)C(=O)N4C3)sc2c1. The molecule has 2 aliphatic heterocycles. The van der Waals surface area contributed by atoms with Gasteiger partial charge in [0.2, 0.25) is 11.8 Å². The molecule has 0 bridgehead atoms. The van der Waals surface area contributed by atoms with Gasteiger partial charge in [-0.15, -0.1) is 0 Å². The van der Waals surface area contributed by atoms with Crippen LogP contribution in [0, 0.1) is 5.92 Å². The minimum Gasteiger partial charge on any atom is -0.497 e. The molecule has 6 rings (SSSR count). The van der Waals surface area contributed by atoms with Gasteiger partial charge in [0.25, 0.3) is 5.19 Å². The quantitative estimate of drug-likeness (QED) is 0.335. The zero-order valence-corrected chi connectivity index (χ0v) is 25.6. The highest BCUT2D eigenvalue weighted by atomic mass is 32.1. The van der Waals surface area contributed by atoms with E-state index in [9.17, 15) is 19.5 Å². The molecule has 10 nitrogen and oxygen atoms in total. The minimum atomic E-state index is -1.35. The van der Waals surface area contributed by atoms with Crippen molar-refractivity contribution < 1.29 is 29.0 Å². The molecule has 11 heteroatoms. The van der Waals surface area contributed by atoms with Gasteiger partial charge < -0.3 is 30.1 Å². The second kappa shape index (κ2) is 13.0. The number of benzene rings is 2. The van der Waals surface area contributed by atoms with E-state index in [0.29, 0.717) is 24.6 Å². The highest BCUT2D eigenvalue weighted by Gasteiger charge is 2.61. The first kappa shape index (κ1) is 30.1. The van der Waals surface area contributed by atoms with E-state index in [4.69, 9.17) is 9.47 Å². The fraction of sp³-hybridized carbons (Fsp3) is 0.455. The molecule has 3 heterocycles. The Bertz CT molecular complexity index is 1540. The first-order valence-electron chi connectivity index (χ1n) is 15.3. The molecule has 0 spiro atoms. The van der Waals surface area contributed by atoms with E-state index < -0.39 is 35.6 Å². The first-order valence-corrected chi connectivity index (χ1v) is 16.1. The number of carbonyl (C=O) groups is 3. The zero-order chi connectivity index (χ0) is 30.7. The number of ether oxygens (including phenoxy) is 2. The van der Waals surface area contributed by atoms with Crippen molar-refractivity contribution in [3.63, 3.8) is 0 Å². The van der Waals surface area contributed by atoms with Gasteiger partial charge >= 0.3 is 5.97 Å². The summed E-state index contributed by atoms with van der Waals surface area (Å²) in [7, 11) is 1.61. The third kappa shape index (κ3) is 6.44. The molecule has 2 aromatic carbocycles. The third-order valence-electron chi connectivity index (χ3n) is 8.86. The van der Waals surface area contributed by atoms with Crippen molar-refractivity contribution in [1.82, 2.24) is 20.5 Å². The molecule has 5 atom stereocenters. The molecular weight excluding hydrogens is 580 g/mol. The Hall–Kier alpha value is -3.96. The summed E-state index contributed by atoms with van der Waals surface area (Å²) in [5.41, 5.74) is 0.487. The number of nitrogens with zero attached hydrogens (tertiary/aromatic N) is 2. The van der Waals surface area contributed by atoms with Crippen LogP contribution in [0.3, 0.4) is 0 Å². The second-order valence-electron chi connectivity index (χ2n) is 11.9. The van der Waals surface area contributed by atoms with Gasteiger partial charge in [-0.25, -0.2) is 9.78 Å². The number of nitrogens with one attached hydrogen (secondary N) is 2. The van der Waals surface area contributed by atoms with Gasteiger partial charge in [-0.2, -0.15) is 0 Å². The Morgan fingerprint density at radius 1 is 1.18 bits per heavy atom. The summed E-state index contributed by atoms with van der Waals surface area (Å²) in [5, 5.41) is 16.8. The third-order valence-corrected chi connectivity index (χ3v) is 9.77. The van der Waals surface area contributed by atoms with Crippen LogP contribution in [0.25, 0.3) is 10.2 Å². The maximum Gasteiger partial charge on any atom is 0.330 e. The number of hydrogen-bond donors (Lipinski definition) is 3. The number of allylic oxidation sites excluding steroid dienone is 1. The number of methoxy groups -OCH3 is 1. The molecule has 1 saturated heterocycles. The summed E-state index contributed by atoms with van der Waals surface area (Å²) in [6, 6.07) is 14.1. The van der Waals surface area contributed by atoms with Crippen molar-refractivity contribution in [2.45, 2.75) is 75.2 Å². The normalized spacial score (nSPS) is 28.2. The topological polar surface area (TPSA) is 130 Å². The Labute approximate surface area is 260 Å². The van der Waals surface area contributed by atoms with Crippen LogP contribution in [-0.4, -0.2) is 70.2 Å². The van der Waals surface area contributed by atoms with Crippen LogP contribution in [0.1, 0.15) is 50.5 Å². The number of thiazole rings is 1. The Morgan fingerprint density at radius 2 is 2.02 bits per heavy atom. The summed E-state index contributed by atoms with van der Waals surface area (Å²) >= 11 is 1.38. The summed E-state index contributed by atoms with van der Waals surface area (Å²) in [4.78, 5) is 46.6. The maximum atomic E-state index is 14.2. The summed E-state index contributed by atoms with van der Waals surface area (Å²) in [5.74, 6) is -1.25. The molecule has 0 unspecified atom stereocenters. The van der Waals surface area contributed by atoms with Crippen LogP contribution in [0.5, 0.6) is 10.9 Å². The number of aromatic nitrogens is 1. The van der Waals surface area contributed by atoms with Crippen LogP contribution in [0.15, 0.2) is 60.7 Å². The molecule has 3 aromatic rings. The van der Waals surface area contributed by atoms with E-state index in [-0.39, 0.29) is 24.8 Å². The average molecular weight is 619 g/mol. The van der Waals surface area contributed by atoms with Crippen LogP contribution < -0.4 is 20.1 Å². The molecule has 1 saturated carbocycles. The molecule has 2 amide bonds. The van der Waals surface area contributed by atoms with Crippen molar-refractivity contribution in [3.8, 4) is 10.9 Å². The van der Waals surface area contributed by atoms with Crippen LogP contribution in [-0.2, 0) is 20.9 Å². The number of aliphatic carboxylic acids is 1. The summed E-state index contributed by atoms with van der Waals surface area (Å²) in [6.45, 7) is 0.715. The second-order valence-corrected chi connectivity index (χ2v) is 12.9. The van der Waals surface area contributed by atoms with Crippen LogP contribution in [0.4, 0.5) is 0 Å². The predicted molar refractivity (Wildman–Crippen MR) is 167 cm³/mol. The standard InChI is InChI=1S/C33H38N4O6S/c1-42-23-14-15-25-28(17-23)44-32(35-25)43-24-16-27-29(38)36-33(31(40)41)18-22(33)12-8-3-2-4-9-13-26(30(39)37(27)20-24)34-19-21-10-6-5-7-11-21/h5-8,10-12,14-15,17,22,24,26-27,34H,2-4,9,13,16,18-20H2,1H3,(H,36,38)(H,40,41)/b12-8-/t22-,24+,26-,27-,33+/m0/s1. The molecule has 0 radical (unpaired) electrons. The number of rotatable bonds is 7. The predicted octanol–water partition coefficient (Wildman–Crippen LogP) is 4.29. The first-order chi connectivity index (χ1) is 21.4. The van der Waals surface area contributed by atoms with E-state index in [1.54, 1.807) is 12.0 Å². The lowest BCUT2D eigenvalue weighted by atomic mass is 10.0. The van der Waals surface area contributed by atoms with Crippen molar-refractivity contribution in [1.29, 1.82) is 0 Å². The van der Waals surface area contributed by atoms with E-state index in [1.165, 1.54) is 11.3 Å². The average Bonchev–Trinajstić information content (AvgIpc) is 3.34. The number of carbonyl (C=O) groups excluding carboxylic acids is 2. The lowest BCUT2D eigenvalue weighted by Gasteiger charge is -2.29. The largest absolute Gasteiger partial charge is 0.497 e. The van der Waals surface area contributed by atoms with Gasteiger partial charge in [0.1, 0.15) is 23.4 Å². The molecule has 2 fully saturated rings. The molecular formula is C33H38N4O6S. The number of carboxylic acid groups (broad SMARTS) is 1. The van der Waals surface area contributed by atoms with E-state index in [0.717, 1.165) is 47.2 Å². The molecule has 3 aliphatic rings. The fourth-order valence-corrected chi connectivity index (χ4v) is 7.15. The van der Waals surface area contributed by atoms with Crippen LogP contribution >= 0.6 is 11.3 Å². The van der Waals surface area contributed by atoms with Gasteiger partial charge in [0.15, 0.2) is 0 Å². The van der Waals surface area contributed by atoms with Gasteiger partial charge in [-0.1, -0.05) is 66.7 Å². The lowest BCUT2D eigenvalue weighted by Crippen LogP contribution is -2.55. The van der Waals surface area contributed by atoms with Gasteiger partial charge in [0.05, 0.1) is 29.9 Å².